The van der Waals surface area contributed by atoms with Gasteiger partial charge in [0, 0.05) is 0 Å². The van der Waals surface area contributed by atoms with E-state index in [9.17, 15) is 4.79 Å². The zero-order valence-corrected chi connectivity index (χ0v) is 5.97. The molecule has 0 aliphatic heterocycles. The summed E-state index contributed by atoms with van der Waals surface area (Å²) in [4.78, 5) is 9.97. The van der Waals surface area contributed by atoms with E-state index in [2.05, 4.69) is 4.74 Å². The highest BCUT2D eigenvalue weighted by Gasteiger charge is 1.99. The van der Waals surface area contributed by atoms with Crippen LogP contribution in [-0.4, -0.2) is 18.6 Å². The van der Waals surface area contributed by atoms with E-state index in [0.29, 0.717) is 8.58 Å². The Bertz CT molecular complexity index is 86.1. The van der Waals surface area contributed by atoms with Crippen molar-refractivity contribution >= 4 is 14.7 Å². The fourth-order valence-electron chi connectivity index (χ4n) is 0.233. The van der Waals surface area contributed by atoms with E-state index in [1.165, 1.54) is 0 Å². The molecule has 0 aromatic heterocycles. The Morgan fingerprint density at radius 3 is 2.50 bits per heavy atom. The molecule has 0 radical (unpaired) electrons. The number of rotatable bonds is 2. The predicted octanol–water partition coefficient (Wildman–Crippen LogP) is 0.736. The molecule has 0 spiro atoms. The molecule has 0 fully saturated rings. The minimum Gasteiger partial charge on any atom is -0.442 e. The molecule has 0 bridgehead atoms. The summed E-state index contributed by atoms with van der Waals surface area (Å²) in [6.07, 6.45) is -0.688. The molecule has 2 unspecified atom stereocenters. The summed E-state index contributed by atoms with van der Waals surface area (Å²) >= 11 is 0. The molecule has 0 rings (SSSR count). The van der Waals surface area contributed by atoms with Crippen LogP contribution in [0.15, 0.2) is 0 Å². The molecule has 0 saturated carbocycles. The molecule has 8 heavy (non-hydrogen) atoms. The number of nitrogens with two attached hydrogens (primary N) is 1. The van der Waals surface area contributed by atoms with Gasteiger partial charge < -0.3 is 10.5 Å². The van der Waals surface area contributed by atoms with E-state index >= 15 is 0 Å². The van der Waals surface area contributed by atoms with Crippen LogP contribution >= 0.6 is 8.58 Å². The van der Waals surface area contributed by atoms with Crippen LogP contribution in [0, 0.1) is 0 Å². The van der Waals surface area contributed by atoms with Crippen molar-refractivity contribution in [1.29, 1.82) is 0 Å². The van der Waals surface area contributed by atoms with E-state index in [1.54, 1.807) is 0 Å². The topological polar surface area (TPSA) is 52.3 Å². The number of carbonyl (C=O) groups excluding carboxylic acids is 1. The summed E-state index contributed by atoms with van der Waals surface area (Å²) in [7, 11) is 0.601. The molecule has 48 valence electrons. The van der Waals surface area contributed by atoms with Crippen molar-refractivity contribution in [3.63, 3.8) is 0 Å². The van der Waals surface area contributed by atoms with Crippen LogP contribution in [0.5, 0.6) is 0 Å². The summed E-state index contributed by atoms with van der Waals surface area (Å²) in [5, 5.41) is 0. The number of hydrogen-bond acceptors (Lipinski definition) is 2. The predicted molar refractivity (Wildman–Crippen MR) is 34.4 cm³/mol. The molecular formula is C4H10NO2P. The van der Waals surface area contributed by atoms with Gasteiger partial charge in [-0.2, -0.15) is 0 Å². The highest BCUT2D eigenvalue weighted by atomic mass is 31.1. The second kappa shape index (κ2) is 3.67. The van der Waals surface area contributed by atoms with Crippen molar-refractivity contribution in [3.8, 4) is 0 Å². The third-order valence-corrected chi connectivity index (χ3v) is 1.63. The van der Waals surface area contributed by atoms with Crippen molar-refractivity contribution in [2.24, 2.45) is 5.73 Å². The molecule has 1 amide bonds. The van der Waals surface area contributed by atoms with Gasteiger partial charge in [-0.15, -0.1) is 0 Å². The molecule has 0 aliphatic carbocycles. The average Bonchev–Trinajstić information content (AvgIpc) is 1.65. The van der Waals surface area contributed by atoms with Crippen LogP contribution in [0.4, 0.5) is 4.79 Å². The van der Waals surface area contributed by atoms with Gasteiger partial charge in [0.15, 0.2) is 0 Å². The van der Waals surface area contributed by atoms with Crippen LogP contribution in [0.25, 0.3) is 0 Å². The van der Waals surface area contributed by atoms with Gasteiger partial charge in [-0.1, -0.05) is 8.58 Å². The molecule has 3 nitrogen and oxygen atoms in total. The Hall–Kier alpha value is -0.300. The number of carbonyl (C=O) groups is 1. The largest absolute Gasteiger partial charge is 0.442 e. The number of primary amides is 1. The summed E-state index contributed by atoms with van der Waals surface area (Å²) < 4.78 is 4.55. The molecule has 2 atom stereocenters. The average molecular weight is 135 g/mol. The summed E-state index contributed by atoms with van der Waals surface area (Å²) in [6.45, 7) is 3.76. The molecule has 0 heterocycles. The smallest absolute Gasteiger partial charge is 0.405 e. The molecule has 4 heteroatoms. The minimum absolute atomic E-state index is 0.0208. The lowest BCUT2D eigenvalue weighted by Gasteiger charge is -2.06. The first-order chi connectivity index (χ1) is 3.66. The van der Waals surface area contributed by atoms with E-state index in [1.807, 2.05) is 13.6 Å². The summed E-state index contributed by atoms with van der Waals surface area (Å²) in [6, 6.07) is 0. The van der Waals surface area contributed by atoms with Gasteiger partial charge in [0.25, 0.3) is 0 Å². The maximum absolute atomic E-state index is 9.97. The lowest BCUT2D eigenvalue weighted by Crippen LogP contribution is -2.16. The molecule has 0 saturated heterocycles. The zero-order chi connectivity index (χ0) is 6.57. The summed E-state index contributed by atoms with van der Waals surface area (Å²) in [5.41, 5.74) is 4.71. The van der Waals surface area contributed by atoms with Crippen molar-refractivity contribution in [2.45, 2.75) is 12.8 Å². The Morgan fingerprint density at radius 1 is 1.88 bits per heavy atom. The monoisotopic (exact) mass is 135 g/mol. The zero-order valence-electron chi connectivity index (χ0n) is 4.97. The second-order valence-electron chi connectivity index (χ2n) is 1.37. The van der Waals surface area contributed by atoms with Crippen LogP contribution in [0.3, 0.4) is 0 Å². The maximum atomic E-state index is 9.97. The van der Waals surface area contributed by atoms with Crippen molar-refractivity contribution in [1.82, 2.24) is 0 Å². The lowest BCUT2D eigenvalue weighted by atomic mass is 10.8. The second-order valence-corrected chi connectivity index (χ2v) is 2.76. The van der Waals surface area contributed by atoms with E-state index in [0.717, 1.165) is 0 Å². The highest BCUT2D eigenvalue weighted by Crippen LogP contribution is 2.12. The van der Waals surface area contributed by atoms with E-state index < -0.39 is 6.09 Å². The Kier molecular flexibility index (Phi) is 3.53. The van der Waals surface area contributed by atoms with Gasteiger partial charge in [-0.3, -0.25) is 0 Å². The quantitative estimate of drug-likeness (QED) is 0.567. The van der Waals surface area contributed by atoms with Crippen LogP contribution < -0.4 is 5.73 Å². The Labute approximate surface area is 50.4 Å². The molecular weight excluding hydrogens is 125 g/mol. The van der Waals surface area contributed by atoms with Gasteiger partial charge in [0.2, 0.25) is 0 Å². The summed E-state index contributed by atoms with van der Waals surface area (Å²) in [5.74, 6) is -0.0208. The van der Waals surface area contributed by atoms with Crippen molar-refractivity contribution < 1.29 is 9.53 Å². The number of amides is 1. The minimum atomic E-state index is -0.688. The van der Waals surface area contributed by atoms with Gasteiger partial charge in [0.05, 0.1) is 0 Å². The van der Waals surface area contributed by atoms with E-state index in [4.69, 9.17) is 5.73 Å². The first-order valence-electron chi connectivity index (χ1n) is 2.30. The first kappa shape index (κ1) is 7.70. The van der Waals surface area contributed by atoms with Crippen molar-refractivity contribution in [2.75, 3.05) is 6.66 Å². The molecule has 0 aliphatic rings. The van der Waals surface area contributed by atoms with Gasteiger partial charge in [-0.05, 0) is 13.6 Å². The fraction of sp³-hybridized carbons (Fsp3) is 0.750. The molecule has 2 N–H and O–H groups in total. The van der Waals surface area contributed by atoms with Crippen molar-refractivity contribution in [3.05, 3.63) is 0 Å². The normalized spacial score (nSPS) is 14.2. The van der Waals surface area contributed by atoms with E-state index in [-0.39, 0.29) is 5.85 Å². The van der Waals surface area contributed by atoms with Gasteiger partial charge in [-0.25, -0.2) is 4.79 Å². The van der Waals surface area contributed by atoms with Gasteiger partial charge in [0.1, 0.15) is 5.85 Å². The van der Waals surface area contributed by atoms with Crippen LogP contribution in [0.2, 0.25) is 0 Å². The maximum Gasteiger partial charge on any atom is 0.405 e. The molecule has 0 aromatic rings. The van der Waals surface area contributed by atoms with Gasteiger partial charge >= 0.3 is 6.09 Å². The highest BCUT2D eigenvalue weighted by molar-refractivity contribution is 7.37. The number of ether oxygens (including phenoxy) is 1. The molecule has 0 aromatic carbocycles. The number of hydrogen-bond donors (Lipinski definition) is 1. The van der Waals surface area contributed by atoms with Crippen LogP contribution in [0.1, 0.15) is 6.92 Å². The standard InChI is InChI=1S/C4H10NO2P/c1-3(8-2)7-4(5)6/h3,8H,1-2H3,(H2,5,6). The first-order valence-corrected chi connectivity index (χ1v) is 3.88. The Morgan fingerprint density at radius 2 is 2.38 bits per heavy atom. The third-order valence-electron chi connectivity index (χ3n) is 0.699. The Balaban J connectivity index is 3.24. The lowest BCUT2D eigenvalue weighted by molar-refractivity contribution is 0.151. The van der Waals surface area contributed by atoms with Crippen LogP contribution in [-0.2, 0) is 4.74 Å². The fourth-order valence-corrected chi connectivity index (χ4v) is 0.467. The third kappa shape index (κ3) is 3.88. The SMILES string of the molecule is CPC(C)OC(N)=O.